The molecule has 0 bridgehead atoms. The third-order valence-electron chi connectivity index (χ3n) is 4.06. The van der Waals surface area contributed by atoms with E-state index >= 15 is 0 Å². The summed E-state index contributed by atoms with van der Waals surface area (Å²) in [6.07, 6.45) is 2.32. The van der Waals surface area contributed by atoms with Gasteiger partial charge in [-0.3, -0.25) is 4.90 Å². The zero-order valence-corrected chi connectivity index (χ0v) is 14.0. The van der Waals surface area contributed by atoms with Crippen LogP contribution in [0.3, 0.4) is 0 Å². The molecule has 3 heteroatoms. The van der Waals surface area contributed by atoms with E-state index in [-0.39, 0.29) is 5.54 Å². The van der Waals surface area contributed by atoms with Gasteiger partial charge in [0.05, 0.1) is 0 Å². The van der Waals surface area contributed by atoms with Crippen LogP contribution in [0.25, 0.3) is 0 Å². The van der Waals surface area contributed by atoms with Gasteiger partial charge in [-0.15, -0.1) is 11.3 Å². The maximum atomic E-state index is 3.76. The Hall–Kier alpha value is -0.380. The molecular weight excluding hydrogens is 252 g/mol. The topological polar surface area (TPSA) is 15.3 Å². The number of thiophene rings is 1. The molecule has 2 nitrogen and oxygen atoms in total. The Kier molecular flexibility index (Phi) is 7.05. The second-order valence-electron chi connectivity index (χ2n) is 5.62. The van der Waals surface area contributed by atoms with Crippen LogP contribution in [0.15, 0.2) is 17.5 Å². The molecule has 0 aliphatic carbocycles. The quantitative estimate of drug-likeness (QED) is 0.741. The van der Waals surface area contributed by atoms with Gasteiger partial charge in [-0.1, -0.05) is 26.8 Å². The van der Waals surface area contributed by atoms with Crippen LogP contribution in [0.4, 0.5) is 0 Å². The average molecular weight is 282 g/mol. The maximum Gasteiger partial charge on any atom is 0.0309 e. The molecule has 1 aromatic heterocycles. The van der Waals surface area contributed by atoms with Gasteiger partial charge in [0, 0.05) is 16.5 Å². The molecule has 0 radical (unpaired) electrons. The number of nitrogens with zero attached hydrogens (tertiary/aromatic N) is 1. The molecule has 0 saturated carbocycles. The van der Waals surface area contributed by atoms with Gasteiger partial charge in [0.25, 0.3) is 0 Å². The predicted octanol–water partition coefficient (Wildman–Crippen LogP) is 3.78. The minimum Gasteiger partial charge on any atom is -0.312 e. The summed E-state index contributed by atoms with van der Waals surface area (Å²) < 4.78 is 0. The van der Waals surface area contributed by atoms with E-state index in [1.165, 1.54) is 11.3 Å². The van der Waals surface area contributed by atoms with Gasteiger partial charge in [0.2, 0.25) is 0 Å². The normalized spacial score (nSPS) is 14.0. The minimum absolute atomic E-state index is 0.183. The zero-order valence-electron chi connectivity index (χ0n) is 13.2. The fourth-order valence-electron chi connectivity index (χ4n) is 2.78. The molecule has 1 aromatic rings. The summed E-state index contributed by atoms with van der Waals surface area (Å²) in [5.41, 5.74) is 0.183. The van der Waals surface area contributed by atoms with Crippen molar-refractivity contribution in [1.82, 2.24) is 10.2 Å². The molecule has 0 spiro atoms. The Bertz CT molecular complexity index is 329. The van der Waals surface area contributed by atoms with E-state index in [0.29, 0.717) is 6.04 Å². The lowest BCUT2D eigenvalue weighted by Crippen LogP contribution is -2.58. The summed E-state index contributed by atoms with van der Waals surface area (Å²) in [6, 6.07) is 4.91. The maximum absolute atomic E-state index is 3.76. The summed E-state index contributed by atoms with van der Waals surface area (Å²) in [5, 5.41) is 5.94. The summed E-state index contributed by atoms with van der Waals surface area (Å²) >= 11 is 1.87. The highest BCUT2D eigenvalue weighted by atomic mass is 32.1. The molecule has 19 heavy (non-hydrogen) atoms. The van der Waals surface area contributed by atoms with Gasteiger partial charge in [0.1, 0.15) is 0 Å². The number of rotatable bonds is 9. The van der Waals surface area contributed by atoms with Crippen molar-refractivity contribution in [3.8, 4) is 0 Å². The van der Waals surface area contributed by atoms with Crippen LogP contribution in [0, 0.1) is 0 Å². The lowest BCUT2D eigenvalue weighted by atomic mass is 9.89. The SMILES string of the molecule is CCCNC(Cc1cccs1)C(C)(C)N(CC)CC. The highest BCUT2D eigenvalue weighted by Crippen LogP contribution is 2.23. The van der Waals surface area contributed by atoms with Crippen LogP contribution >= 0.6 is 11.3 Å². The van der Waals surface area contributed by atoms with Gasteiger partial charge in [-0.2, -0.15) is 0 Å². The molecular formula is C16H30N2S. The summed E-state index contributed by atoms with van der Waals surface area (Å²) in [4.78, 5) is 4.04. The van der Waals surface area contributed by atoms with Crippen molar-refractivity contribution in [2.24, 2.45) is 0 Å². The van der Waals surface area contributed by atoms with E-state index in [1.807, 2.05) is 11.3 Å². The van der Waals surface area contributed by atoms with Crippen LogP contribution in [-0.4, -0.2) is 36.1 Å². The van der Waals surface area contributed by atoms with E-state index < -0.39 is 0 Å². The molecule has 0 aliphatic heterocycles. The van der Waals surface area contributed by atoms with Gasteiger partial charge >= 0.3 is 0 Å². The van der Waals surface area contributed by atoms with E-state index in [1.54, 1.807) is 0 Å². The molecule has 1 atom stereocenters. The zero-order chi connectivity index (χ0) is 14.3. The average Bonchev–Trinajstić information content (AvgIpc) is 2.88. The Morgan fingerprint density at radius 3 is 2.42 bits per heavy atom. The van der Waals surface area contributed by atoms with E-state index in [0.717, 1.165) is 26.1 Å². The van der Waals surface area contributed by atoms with Gasteiger partial charge in [-0.05, 0) is 57.8 Å². The molecule has 1 N–H and O–H groups in total. The van der Waals surface area contributed by atoms with Crippen molar-refractivity contribution in [3.63, 3.8) is 0 Å². The molecule has 0 aliphatic rings. The molecule has 1 rings (SSSR count). The van der Waals surface area contributed by atoms with Crippen LogP contribution < -0.4 is 5.32 Å². The molecule has 1 unspecified atom stereocenters. The van der Waals surface area contributed by atoms with E-state index in [2.05, 4.69) is 62.3 Å². The minimum atomic E-state index is 0.183. The lowest BCUT2D eigenvalue weighted by molar-refractivity contribution is 0.0914. The van der Waals surface area contributed by atoms with Crippen LogP contribution in [0.5, 0.6) is 0 Å². The fourth-order valence-corrected chi connectivity index (χ4v) is 3.53. The molecule has 0 aromatic carbocycles. The monoisotopic (exact) mass is 282 g/mol. The van der Waals surface area contributed by atoms with Crippen molar-refractivity contribution in [2.75, 3.05) is 19.6 Å². The van der Waals surface area contributed by atoms with Crippen molar-refractivity contribution in [2.45, 2.75) is 59.0 Å². The first-order chi connectivity index (χ1) is 9.06. The molecule has 0 fully saturated rings. The van der Waals surface area contributed by atoms with E-state index in [4.69, 9.17) is 0 Å². The summed E-state index contributed by atoms with van der Waals surface area (Å²) in [6.45, 7) is 14.8. The Balaban J connectivity index is 2.81. The van der Waals surface area contributed by atoms with Crippen LogP contribution in [0.2, 0.25) is 0 Å². The largest absolute Gasteiger partial charge is 0.312 e. The summed E-state index contributed by atoms with van der Waals surface area (Å²) in [5.74, 6) is 0. The highest BCUT2D eigenvalue weighted by Gasteiger charge is 2.33. The second-order valence-corrected chi connectivity index (χ2v) is 6.65. The van der Waals surface area contributed by atoms with Crippen molar-refractivity contribution >= 4 is 11.3 Å². The van der Waals surface area contributed by atoms with E-state index in [9.17, 15) is 0 Å². The smallest absolute Gasteiger partial charge is 0.0309 e. The third kappa shape index (κ3) is 4.59. The predicted molar refractivity (Wildman–Crippen MR) is 87.1 cm³/mol. The fraction of sp³-hybridized carbons (Fsp3) is 0.750. The van der Waals surface area contributed by atoms with Crippen molar-refractivity contribution < 1.29 is 0 Å². The molecule has 0 amide bonds. The highest BCUT2D eigenvalue weighted by molar-refractivity contribution is 7.09. The van der Waals surface area contributed by atoms with Crippen LogP contribution in [-0.2, 0) is 6.42 Å². The van der Waals surface area contributed by atoms with Crippen LogP contribution in [0.1, 0.15) is 45.9 Å². The summed E-state index contributed by atoms with van der Waals surface area (Å²) in [7, 11) is 0. The van der Waals surface area contributed by atoms with Crippen molar-refractivity contribution in [1.29, 1.82) is 0 Å². The first-order valence-corrected chi connectivity index (χ1v) is 8.44. The Labute approximate surface area is 123 Å². The number of likely N-dealkylation sites (N-methyl/N-ethyl adjacent to an activating group) is 1. The molecule has 0 saturated heterocycles. The number of hydrogen-bond donors (Lipinski definition) is 1. The van der Waals surface area contributed by atoms with Gasteiger partial charge in [0.15, 0.2) is 0 Å². The van der Waals surface area contributed by atoms with Gasteiger partial charge in [-0.25, -0.2) is 0 Å². The number of hydrogen-bond acceptors (Lipinski definition) is 3. The first kappa shape index (κ1) is 16.7. The molecule has 1 heterocycles. The Morgan fingerprint density at radius 1 is 1.26 bits per heavy atom. The third-order valence-corrected chi connectivity index (χ3v) is 4.96. The first-order valence-electron chi connectivity index (χ1n) is 7.57. The lowest BCUT2D eigenvalue weighted by Gasteiger charge is -2.44. The van der Waals surface area contributed by atoms with Crippen molar-refractivity contribution in [3.05, 3.63) is 22.4 Å². The second kappa shape index (κ2) is 8.03. The number of nitrogens with one attached hydrogen (secondary N) is 1. The standard InChI is InChI=1S/C16H30N2S/c1-6-11-17-15(13-14-10-9-12-19-14)16(4,5)18(7-2)8-3/h9-10,12,15,17H,6-8,11,13H2,1-5H3. The Morgan fingerprint density at radius 2 is 1.95 bits per heavy atom. The molecule has 110 valence electrons. The van der Waals surface area contributed by atoms with Gasteiger partial charge < -0.3 is 5.32 Å².